The lowest BCUT2D eigenvalue weighted by Crippen LogP contribution is -2.07. The molecule has 6 heteroatoms. The van der Waals surface area contributed by atoms with E-state index in [1.165, 1.54) is 23.5 Å². The maximum Gasteiger partial charge on any atom is 0.206 e. The van der Waals surface area contributed by atoms with Gasteiger partial charge >= 0.3 is 0 Å². The molecule has 0 radical (unpaired) electrons. The molecule has 18 heavy (non-hydrogen) atoms. The molecule has 1 N–H and O–H groups in total. The second-order valence-corrected chi connectivity index (χ2v) is 4.99. The van der Waals surface area contributed by atoms with Crippen LogP contribution < -0.4 is 5.32 Å². The van der Waals surface area contributed by atoms with Gasteiger partial charge in [-0.25, -0.2) is 8.78 Å². The highest BCUT2D eigenvalue weighted by atomic mass is 32.1. The van der Waals surface area contributed by atoms with Crippen LogP contribution in [-0.4, -0.2) is 10.2 Å². The molecule has 0 aliphatic heterocycles. The molecule has 2 rings (SSSR count). The van der Waals surface area contributed by atoms with Crippen molar-refractivity contribution in [3.8, 4) is 0 Å². The molecule has 1 atom stereocenters. The smallest absolute Gasteiger partial charge is 0.206 e. The van der Waals surface area contributed by atoms with E-state index < -0.39 is 11.6 Å². The molecule has 0 aliphatic carbocycles. The van der Waals surface area contributed by atoms with E-state index in [0.29, 0.717) is 10.7 Å². The summed E-state index contributed by atoms with van der Waals surface area (Å²) in [5.41, 5.74) is 0.542. The van der Waals surface area contributed by atoms with E-state index in [9.17, 15) is 8.78 Å². The van der Waals surface area contributed by atoms with Crippen molar-refractivity contribution in [1.82, 2.24) is 10.2 Å². The largest absolute Gasteiger partial charge is 0.354 e. The monoisotopic (exact) mass is 269 g/mol. The van der Waals surface area contributed by atoms with Gasteiger partial charge in [-0.3, -0.25) is 0 Å². The van der Waals surface area contributed by atoms with Crippen LogP contribution in [0.5, 0.6) is 0 Å². The average molecular weight is 269 g/mol. The number of aryl methyl sites for hydroxylation is 1. The first-order valence-electron chi connectivity index (χ1n) is 5.63. The normalized spacial score (nSPS) is 12.4. The summed E-state index contributed by atoms with van der Waals surface area (Å²) in [6.45, 7) is 3.82. The molecule has 2 aromatic rings. The Morgan fingerprint density at radius 1 is 1.22 bits per heavy atom. The van der Waals surface area contributed by atoms with Crippen molar-refractivity contribution in [2.75, 3.05) is 5.32 Å². The van der Waals surface area contributed by atoms with E-state index in [2.05, 4.69) is 15.5 Å². The van der Waals surface area contributed by atoms with Crippen LogP contribution in [0.15, 0.2) is 18.2 Å². The Bertz CT molecular complexity index is 522. The van der Waals surface area contributed by atoms with Gasteiger partial charge in [0.15, 0.2) is 0 Å². The molecule has 0 spiro atoms. The van der Waals surface area contributed by atoms with E-state index >= 15 is 0 Å². The first-order valence-corrected chi connectivity index (χ1v) is 6.45. The fraction of sp³-hybridized carbons (Fsp3) is 0.333. The van der Waals surface area contributed by atoms with E-state index in [4.69, 9.17) is 0 Å². The Kier molecular flexibility index (Phi) is 3.86. The lowest BCUT2D eigenvalue weighted by atomic mass is 10.1. The van der Waals surface area contributed by atoms with Crippen LogP contribution in [0.2, 0.25) is 0 Å². The maximum absolute atomic E-state index is 13.1. The van der Waals surface area contributed by atoms with Crippen LogP contribution in [0, 0.1) is 11.6 Å². The molecule has 1 aromatic heterocycles. The van der Waals surface area contributed by atoms with Crippen molar-refractivity contribution in [1.29, 1.82) is 0 Å². The summed E-state index contributed by atoms with van der Waals surface area (Å²) < 4.78 is 26.2. The van der Waals surface area contributed by atoms with Crippen molar-refractivity contribution in [3.05, 3.63) is 40.4 Å². The maximum atomic E-state index is 13.1. The van der Waals surface area contributed by atoms with Crippen molar-refractivity contribution >= 4 is 16.5 Å². The molecule has 0 saturated heterocycles. The van der Waals surface area contributed by atoms with Crippen molar-refractivity contribution in [2.45, 2.75) is 26.3 Å². The summed E-state index contributed by atoms with van der Waals surface area (Å²) in [7, 11) is 0. The van der Waals surface area contributed by atoms with E-state index in [1.54, 1.807) is 0 Å². The van der Waals surface area contributed by atoms with Crippen LogP contribution in [0.3, 0.4) is 0 Å². The minimum atomic E-state index is -0.579. The van der Waals surface area contributed by atoms with Crippen LogP contribution in [0.4, 0.5) is 13.9 Å². The second kappa shape index (κ2) is 5.39. The molecule has 96 valence electrons. The molecular weight excluding hydrogens is 256 g/mol. The Hall–Kier alpha value is -1.56. The fourth-order valence-corrected chi connectivity index (χ4v) is 2.32. The van der Waals surface area contributed by atoms with Crippen LogP contribution in [0.25, 0.3) is 0 Å². The van der Waals surface area contributed by atoms with E-state index in [-0.39, 0.29) is 6.04 Å². The Labute approximate surface area is 108 Å². The van der Waals surface area contributed by atoms with Crippen molar-refractivity contribution < 1.29 is 8.78 Å². The molecule has 3 nitrogen and oxygen atoms in total. The van der Waals surface area contributed by atoms with E-state index in [0.717, 1.165) is 17.5 Å². The first kappa shape index (κ1) is 12.9. The SMILES string of the molecule is CCc1nnc(NC(C)c2cc(F)cc(F)c2)s1. The summed E-state index contributed by atoms with van der Waals surface area (Å²) in [5.74, 6) is -1.16. The fourth-order valence-electron chi connectivity index (χ4n) is 1.55. The number of rotatable bonds is 4. The van der Waals surface area contributed by atoms with E-state index in [1.807, 2.05) is 13.8 Å². The van der Waals surface area contributed by atoms with Gasteiger partial charge in [0.05, 0.1) is 6.04 Å². The zero-order valence-corrected chi connectivity index (χ0v) is 10.9. The van der Waals surface area contributed by atoms with Gasteiger partial charge in [0.2, 0.25) is 5.13 Å². The van der Waals surface area contributed by atoms with Crippen LogP contribution in [-0.2, 0) is 6.42 Å². The highest BCUT2D eigenvalue weighted by Crippen LogP contribution is 2.23. The topological polar surface area (TPSA) is 37.8 Å². The number of hydrogen-bond acceptors (Lipinski definition) is 4. The minimum absolute atomic E-state index is 0.229. The molecular formula is C12H13F2N3S. The third kappa shape index (κ3) is 3.01. The molecule has 1 unspecified atom stereocenters. The summed E-state index contributed by atoms with van der Waals surface area (Å²) in [4.78, 5) is 0. The van der Waals surface area contributed by atoms with Gasteiger partial charge in [0.25, 0.3) is 0 Å². The number of anilines is 1. The Morgan fingerprint density at radius 2 is 1.89 bits per heavy atom. The molecule has 0 fully saturated rings. The van der Waals surface area contributed by atoms with Crippen molar-refractivity contribution in [2.24, 2.45) is 0 Å². The zero-order valence-electron chi connectivity index (χ0n) is 10.1. The predicted octanol–water partition coefficient (Wildman–Crippen LogP) is 3.55. The standard InChI is InChI=1S/C12H13F2N3S/c1-3-11-16-17-12(18-11)15-7(2)8-4-9(13)6-10(14)5-8/h4-7H,3H2,1-2H3,(H,15,17). The van der Waals surface area contributed by atoms with Gasteiger partial charge < -0.3 is 5.32 Å². The van der Waals surface area contributed by atoms with Gasteiger partial charge in [-0.15, -0.1) is 10.2 Å². The second-order valence-electron chi connectivity index (χ2n) is 3.92. The lowest BCUT2D eigenvalue weighted by Gasteiger charge is -2.13. The number of aromatic nitrogens is 2. The quantitative estimate of drug-likeness (QED) is 0.922. The molecule has 0 aliphatic rings. The van der Waals surface area contributed by atoms with Gasteiger partial charge in [0.1, 0.15) is 16.6 Å². The molecule has 1 aromatic carbocycles. The van der Waals surface area contributed by atoms with Crippen LogP contribution in [0.1, 0.15) is 30.5 Å². The number of nitrogens with zero attached hydrogens (tertiary/aromatic N) is 2. The van der Waals surface area contributed by atoms with Gasteiger partial charge in [-0.2, -0.15) is 0 Å². The lowest BCUT2D eigenvalue weighted by molar-refractivity contribution is 0.577. The average Bonchev–Trinajstić information content (AvgIpc) is 2.75. The Balaban J connectivity index is 2.13. The Morgan fingerprint density at radius 3 is 2.44 bits per heavy atom. The minimum Gasteiger partial charge on any atom is -0.354 e. The highest BCUT2D eigenvalue weighted by Gasteiger charge is 2.11. The summed E-state index contributed by atoms with van der Waals surface area (Å²) in [6.07, 6.45) is 0.822. The molecule has 0 saturated carbocycles. The number of benzene rings is 1. The number of halogens is 2. The number of hydrogen-bond donors (Lipinski definition) is 1. The van der Waals surface area contributed by atoms with Gasteiger partial charge in [-0.1, -0.05) is 18.3 Å². The van der Waals surface area contributed by atoms with Gasteiger partial charge in [0, 0.05) is 6.07 Å². The number of nitrogens with one attached hydrogen (secondary N) is 1. The van der Waals surface area contributed by atoms with Gasteiger partial charge in [-0.05, 0) is 31.0 Å². The van der Waals surface area contributed by atoms with Crippen LogP contribution >= 0.6 is 11.3 Å². The predicted molar refractivity (Wildman–Crippen MR) is 67.7 cm³/mol. The third-order valence-corrected chi connectivity index (χ3v) is 3.49. The molecule has 0 amide bonds. The zero-order chi connectivity index (χ0) is 13.1. The van der Waals surface area contributed by atoms with Crippen molar-refractivity contribution in [3.63, 3.8) is 0 Å². The third-order valence-electron chi connectivity index (χ3n) is 2.49. The first-order chi connectivity index (χ1) is 8.58. The summed E-state index contributed by atoms with van der Waals surface area (Å²) in [6, 6.07) is 3.24. The highest BCUT2D eigenvalue weighted by molar-refractivity contribution is 7.15. The summed E-state index contributed by atoms with van der Waals surface area (Å²) in [5, 5.41) is 12.6. The molecule has 1 heterocycles. The molecule has 0 bridgehead atoms. The summed E-state index contributed by atoms with van der Waals surface area (Å²) >= 11 is 1.44.